The summed E-state index contributed by atoms with van der Waals surface area (Å²) in [5.74, 6) is 0.919. The highest BCUT2D eigenvalue weighted by Gasteiger charge is 2.46. The molecule has 4 atom stereocenters. The molecule has 3 aromatic rings. The number of anilines is 1. The topological polar surface area (TPSA) is 46.3 Å². The number of amides is 1. The van der Waals surface area contributed by atoms with Crippen molar-refractivity contribution >= 4 is 11.6 Å². The Labute approximate surface area is 185 Å². The highest BCUT2D eigenvalue weighted by atomic mass is 16.2. The Bertz CT molecular complexity index is 985. The Balaban J connectivity index is 1.56. The lowest BCUT2D eigenvalue weighted by molar-refractivity contribution is -0.120. The second-order valence-corrected chi connectivity index (χ2v) is 8.77. The van der Waals surface area contributed by atoms with Crippen molar-refractivity contribution in [3.63, 3.8) is 0 Å². The molecule has 0 aromatic heterocycles. The quantitative estimate of drug-likeness (QED) is 0.503. The molecule has 0 unspecified atom stereocenters. The summed E-state index contributed by atoms with van der Waals surface area (Å²) in [5.41, 5.74) is 11.0. The minimum atomic E-state index is -0.0447. The van der Waals surface area contributed by atoms with E-state index in [1.54, 1.807) is 0 Å². The summed E-state index contributed by atoms with van der Waals surface area (Å²) in [4.78, 5) is 15.5. The molecule has 1 amide bonds. The first kappa shape index (κ1) is 21.3. The molecule has 31 heavy (non-hydrogen) atoms. The van der Waals surface area contributed by atoms with Crippen molar-refractivity contribution < 1.29 is 4.79 Å². The molecule has 0 heterocycles. The zero-order valence-electron chi connectivity index (χ0n) is 18.4. The van der Waals surface area contributed by atoms with Gasteiger partial charge in [0, 0.05) is 24.2 Å². The summed E-state index contributed by atoms with van der Waals surface area (Å²) in [6.07, 6.45) is 1.92. The van der Waals surface area contributed by atoms with Crippen LogP contribution in [0.4, 0.5) is 5.69 Å². The first-order valence-corrected chi connectivity index (χ1v) is 11.4. The highest BCUT2D eigenvalue weighted by Crippen LogP contribution is 2.48. The Morgan fingerprint density at radius 1 is 0.935 bits per heavy atom. The lowest BCUT2D eigenvalue weighted by atomic mass is 9.98. The van der Waals surface area contributed by atoms with Gasteiger partial charge in [-0.3, -0.25) is 4.79 Å². The van der Waals surface area contributed by atoms with Gasteiger partial charge < -0.3 is 10.6 Å². The Morgan fingerprint density at radius 2 is 1.52 bits per heavy atom. The van der Waals surface area contributed by atoms with Crippen LogP contribution in [-0.2, 0) is 4.79 Å². The predicted molar refractivity (Wildman–Crippen MR) is 129 cm³/mol. The second kappa shape index (κ2) is 9.49. The van der Waals surface area contributed by atoms with Gasteiger partial charge in [0.05, 0.1) is 0 Å². The van der Waals surface area contributed by atoms with Gasteiger partial charge in [-0.25, -0.2) is 0 Å². The van der Waals surface area contributed by atoms with Crippen molar-refractivity contribution in [3.05, 3.63) is 90.5 Å². The van der Waals surface area contributed by atoms with E-state index >= 15 is 0 Å². The number of carbonyl (C=O) groups excluding carboxylic acids is 1. The van der Waals surface area contributed by atoms with E-state index in [1.165, 1.54) is 11.1 Å². The summed E-state index contributed by atoms with van der Waals surface area (Å²) >= 11 is 0. The van der Waals surface area contributed by atoms with Crippen LogP contribution in [0.5, 0.6) is 0 Å². The largest absolute Gasteiger partial charge is 0.326 e. The number of nitrogens with two attached hydrogens (primary N) is 1. The SMILES string of the molecule is CC[C@@H](C)[C@H](N)CN(C(=O)[C@@H]1C[C@H]1c1ccccc1)c1ccc(-c2ccccc2)cc1. The van der Waals surface area contributed by atoms with Crippen molar-refractivity contribution in [1.29, 1.82) is 0 Å². The van der Waals surface area contributed by atoms with E-state index in [2.05, 4.69) is 62.4 Å². The number of carbonyl (C=O) groups is 1. The Hall–Kier alpha value is -2.91. The van der Waals surface area contributed by atoms with Crippen LogP contribution in [0.25, 0.3) is 11.1 Å². The van der Waals surface area contributed by atoms with Crippen LogP contribution in [0.2, 0.25) is 0 Å². The number of rotatable bonds is 8. The van der Waals surface area contributed by atoms with Gasteiger partial charge in [-0.05, 0) is 47.1 Å². The van der Waals surface area contributed by atoms with Crippen molar-refractivity contribution in [2.24, 2.45) is 17.6 Å². The summed E-state index contributed by atoms with van der Waals surface area (Å²) < 4.78 is 0. The first-order chi connectivity index (χ1) is 15.1. The predicted octanol–water partition coefficient (Wildman–Crippen LogP) is 5.86. The second-order valence-electron chi connectivity index (χ2n) is 8.77. The van der Waals surface area contributed by atoms with E-state index in [-0.39, 0.29) is 17.9 Å². The van der Waals surface area contributed by atoms with Gasteiger partial charge in [-0.2, -0.15) is 0 Å². The van der Waals surface area contributed by atoms with Crippen LogP contribution in [0.15, 0.2) is 84.9 Å². The fourth-order valence-corrected chi connectivity index (χ4v) is 4.22. The fraction of sp³-hybridized carbons (Fsp3) is 0.321. The van der Waals surface area contributed by atoms with E-state index in [0.29, 0.717) is 18.4 Å². The van der Waals surface area contributed by atoms with E-state index in [1.807, 2.05) is 41.3 Å². The van der Waals surface area contributed by atoms with Gasteiger partial charge in [-0.1, -0.05) is 93.1 Å². The number of hydrogen-bond acceptors (Lipinski definition) is 2. The van der Waals surface area contributed by atoms with Crippen molar-refractivity contribution in [1.82, 2.24) is 0 Å². The molecular formula is C28H32N2O. The molecule has 1 aliphatic rings. The summed E-state index contributed by atoms with van der Waals surface area (Å²) in [5, 5.41) is 0. The Kier molecular flexibility index (Phi) is 6.53. The van der Waals surface area contributed by atoms with Gasteiger partial charge in [0.1, 0.15) is 0 Å². The van der Waals surface area contributed by atoms with Gasteiger partial charge in [0.2, 0.25) is 5.91 Å². The average molecular weight is 413 g/mol. The molecule has 3 heteroatoms. The molecule has 2 N–H and O–H groups in total. The minimum absolute atomic E-state index is 0.0420. The Morgan fingerprint density at radius 3 is 2.13 bits per heavy atom. The minimum Gasteiger partial charge on any atom is -0.326 e. The zero-order valence-corrected chi connectivity index (χ0v) is 18.4. The molecule has 1 aliphatic carbocycles. The van der Waals surface area contributed by atoms with E-state index in [0.717, 1.165) is 24.1 Å². The van der Waals surface area contributed by atoms with Crippen LogP contribution in [-0.4, -0.2) is 18.5 Å². The average Bonchev–Trinajstić information content (AvgIpc) is 3.64. The molecular weight excluding hydrogens is 380 g/mol. The van der Waals surface area contributed by atoms with Crippen LogP contribution in [0, 0.1) is 11.8 Å². The van der Waals surface area contributed by atoms with E-state index in [9.17, 15) is 4.79 Å². The molecule has 1 fully saturated rings. The summed E-state index contributed by atoms with van der Waals surface area (Å²) in [6.45, 7) is 4.87. The first-order valence-electron chi connectivity index (χ1n) is 11.4. The maximum absolute atomic E-state index is 13.6. The third-order valence-corrected chi connectivity index (χ3v) is 6.66. The molecule has 0 aliphatic heterocycles. The molecule has 160 valence electrons. The standard InChI is InChI=1S/C28H32N2O/c1-3-20(2)27(29)19-30(28(31)26-18-25(26)23-12-8-5-9-13-23)24-16-14-22(15-17-24)21-10-6-4-7-11-21/h4-17,20,25-27H,3,18-19,29H2,1-2H3/t20-,25+,26-,27-/m1/s1. The van der Waals surface area contributed by atoms with Crippen LogP contribution >= 0.6 is 0 Å². The van der Waals surface area contributed by atoms with Crippen LogP contribution in [0.3, 0.4) is 0 Å². The lowest BCUT2D eigenvalue weighted by Gasteiger charge is -2.29. The smallest absolute Gasteiger partial charge is 0.230 e. The normalized spacial score (nSPS) is 19.5. The summed E-state index contributed by atoms with van der Waals surface area (Å²) in [7, 11) is 0. The molecule has 1 saturated carbocycles. The van der Waals surface area contributed by atoms with Crippen LogP contribution < -0.4 is 10.6 Å². The maximum atomic E-state index is 13.6. The number of hydrogen-bond donors (Lipinski definition) is 1. The van der Waals surface area contributed by atoms with Gasteiger partial charge in [0.15, 0.2) is 0 Å². The molecule has 0 bridgehead atoms. The van der Waals surface area contributed by atoms with Gasteiger partial charge >= 0.3 is 0 Å². The van der Waals surface area contributed by atoms with Crippen molar-refractivity contribution in [2.45, 2.75) is 38.6 Å². The van der Waals surface area contributed by atoms with Gasteiger partial charge in [0.25, 0.3) is 0 Å². The monoisotopic (exact) mass is 412 g/mol. The highest BCUT2D eigenvalue weighted by molar-refractivity contribution is 5.97. The number of nitrogens with zero attached hydrogens (tertiary/aromatic N) is 1. The van der Waals surface area contributed by atoms with E-state index < -0.39 is 0 Å². The van der Waals surface area contributed by atoms with E-state index in [4.69, 9.17) is 5.73 Å². The number of benzene rings is 3. The molecule has 0 spiro atoms. The molecule has 0 saturated heterocycles. The van der Waals surface area contributed by atoms with Crippen LogP contribution in [0.1, 0.15) is 38.2 Å². The lowest BCUT2D eigenvalue weighted by Crippen LogP contribution is -2.45. The zero-order chi connectivity index (χ0) is 21.8. The molecule has 4 rings (SSSR count). The molecule has 0 radical (unpaired) electrons. The van der Waals surface area contributed by atoms with Crippen molar-refractivity contribution in [3.8, 4) is 11.1 Å². The maximum Gasteiger partial charge on any atom is 0.230 e. The van der Waals surface area contributed by atoms with Crippen molar-refractivity contribution in [2.75, 3.05) is 11.4 Å². The third kappa shape index (κ3) is 4.88. The third-order valence-electron chi connectivity index (χ3n) is 6.66. The summed E-state index contributed by atoms with van der Waals surface area (Å²) in [6, 6.07) is 29.0. The fourth-order valence-electron chi connectivity index (χ4n) is 4.22. The van der Waals surface area contributed by atoms with Gasteiger partial charge in [-0.15, -0.1) is 0 Å². The molecule has 3 aromatic carbocycles. The molecule has 3 nitrogen and oxygen atoms in total.